The van der Waals surface area contributed by atoms with E-state index in [2.05, 4.69) is 10.3 Å². The molecular formula is C14H25N3O3. The van der Waals surface area contributed by atoms with Crippen molar-refractivity contribution in [1.29, 1.82) is 0 Å². The van der Waals surface area contributed by atoms with Gasteiger partial charge in [-0.1, -0.05) is 5.21 Å². The molecule has 0 fully saturated rings. The smallest absolute Gasteiger partial charge is 0.361 e. The number of hydrogen-bond acceptors (Lipinski definition) is 5. The second-order valence-electron chi connectivity index (χ2n) is 6.46. The van der Waals surface area contributed by atoms with Crippen LogP contribution in [-0.2, 0) is 16.0 Å². The van der Waals surface area contributed by atoms with E-state index in [0.717, 1.165) is 6.42 Å². The summed E-state index contributed by atoms with van der Waals surface area (Å²) in [6.45, 7) is 12.0. The summed E-state index contributed by atoms with van der Waals surface area (Å²) in [6.07, 6.45) is 0.779. The number of ether oxygens (including phenoxy) is 2. The maximum atomic E-state index is 12.0. The van der Waals surface area contributed by atoms with Gasteiger partial charge in [0.25, 0.3) is 0 Å². The molecule has 6 heteroatoms. The highest BCUT2D eigenvalue weighted by atomic mass is 16.6. The molecule has 0 aliphatic carbocycles. The maximum Gasteiger partial charge on any atom is 0.361 e. The van der Waals surface area contributed by atoms with Gasteiger partial charge in [-0.25, -0.2) is 9.48 Å². The molecule has 0 aromatic carbocycles. The molecule has 0 bridgehead atoms. The lowest BCUT2D eigenvalue weighted by Crippen LogP contribution is -2.25. The van der Waals surface area contributed by atoms with Gasteiger partial charge in [0, 0.05) is 13.7 Å². The Kier molecular flexibility index (Phi) is 4.91. The van der Waals surface area contributed by atoms with Crippen LogP contribution in [0.15, 0.2) is 0 Å². The quantitative estimate of drug-likeness (QED) is 0.776. The predicted octanol–water partition coefficient (Wildman–Crippen LogP) is 2.36. The largest absolute Gasteiger partial charge is 0.455 e. The summed E-state index contributed by atoms with van der Waals surface area (Å²) < 4.78 is 12.4. The van der Waals surface area contributed by atoms with Crippen LogP contribution in [-0.4, -0.2) is 39.3 Å². The average molecular weight is 283 g/mol. The minimum atomic E-state index is -0.536. The Labute approximate surface area is 120 Å². The third kappa shape index (κ3) is 4.59. The van der Waals surface area contributed by atoms with Gasteiger partial charge in [-0.3, -0.25) is 0 Å². The van der Waals surface area contributed by atoms with E-state index < -0.39 is 11.6 Å². The van der Waals surface area contributed by atoms with Crippen molar-refractivity contribution in [3.05, 3.63) is 11.4 Å². The minimum absolute atomic E-state index is 0.232. The zero-order valence-corrected chi connectivity index (χ0v) is 13.5. The van der Waals surface area contributed by atoms with Crippen LogP contribution in [0.25, 0.3) is 0 Å². The molecule has 0 radical (unpaired) electrons. The molecule has 0 atom stereocenters. The van der Waals surface area contributed by atoms with Gasteiger partial charge in [0.2, 0.25) is 0 Å². The van der Waals surface area contributed by atoms with E-state index in [1.54, 1.807) is 11.8 Å². The summed E-state index contributed by atoms with van der Waals surface area (Å²) in [5.74, 6) is -0.438. The van der Waals surface area contributed by atoms with E-state index in [-0.39, 0.29) is 11.3 Å². The number of rotatable bonds is 5. The van der Waals surface area contributed by atoms with Crippen molar-refractivity contribution in [2.45, 2.75) is 65.7 Å². The molecule has 0 spiro atoms. The summed E-state index contributed by atoms with van der Waals surface area (Å²) in [5.41, 5.74) is 0.219. The van der Waals surface area contributed by atoms with Crippen LogP contribution in [0.2, 0.25) is 0 Å². The topological polar surface area (TPSA) is 66.2 Å². The molecule has 0 N–H and O–H groups in total. The SMILES string of the molecule is COC(C)(C)CCn1nnc(C(=O)OC(C)(C)C)c1C. The number of nitrogens with zero attached hydrogens (tertiary/aromatic N) is 3. The highest BCUT2D eigenvalue weighted by Gasteiger charge is 2.24. The fraction of sp³-hybridized carbons (Fsp3) is 0.786. The van der Waals surface area contributed by atoms with E-state index in [4.69, 9.17) is 9.47 Å². The molecule has 0 saturated carbocycles. The molecule has 1 heterocycles. The minimum Gasteiger partial charge on any atom is -0.455 e. The maximum absolute atomic E-state index is 12.0. The standard InChI is InChI=1S/C14H25N3O3/c1-10-11(12(18)20-13(2,3)4)15-16-17(10)9-8-14(5,6)19-7/h8-9H2,1-7H3. The van der Waals surface area contributed by atoms with Crippen LogP contribution in [0.3, 0.4) is 0 Å². The summed E-state index contributed by atoms with van der Waals surface area (Å²) in [6, 6.07) is 0. The van der Waals surface area contributed by atoms with Gasteiger partial charge in [0.05, 0.1) is 11.3 Å². The predicted molar refractivity (Wildman–Crippen MR) is 75.6 cm³/mol. The lowest BCUT2D eigenvalue weighted by molar-refractivity contribution is 0.00618. The van der Waals surface area contributed by atoms with Crippen molar-refractivity contribution >= 4 is 5.97 Å². The molecule has 0 saturated heterocycles. The number of carbonyl (C=O) groups excluding carboxylic acids is 1. The lowest BCUT2D eigenvalue weighted by Gasteiger charge is -2.22. The van der Waals surface area contributed by atoms with Crippen molar-refractivity contribution in [2.24, 2.45) is 0 Å². The molecule has 0 aliphatic rings. The summed E-state index contributed by atoms with van der Waals surface area (Å²) >= 11 is 0. The monoisotopic (exact) mass is 283 g/mol. The number of aromatic nitrogens is 3. The van der Waals surface area contributed by atoms with Gasteiger partial charge in [-0.05, 0) is 48.0 Å². The van der Waals surface area contributed by atoms with Gasteiger partial charge < -0.3 is 9.47 Å². The average Bonchev–Trinajstić information content (AvgIpc) is 2.66. The van der Waals surface area contributed by atoms with E-state index in [0.29, 0.717) is 12.2 Å². The number of carbonyl (C=O) groups is 1. The van der Waals surface area contributed by atoms with Gasteiger partial charge >= 0.3 is 5.97 Å². The number of methoxy groups -OCH3 is 1. The molecule has 1 rings (SSSR count). The first-order valence-electron chi connectivity index (χ1n) is 6.74. The summed E-state index contributed by atoms with van der Waals surface area (Å²) in [4.78, 5) is 12.0. The van der Waals surface area contributed by atoms with Crippen molar-refractivity contribution in [3.8, 4) is 0 Å². The van der Waals surface area contributed by atoms with Gasteiger partial charge in [0.15, 0.2) is 5.69 Å². The van der Waals surface area contributed by atoms with E-state index >= 15 is 0 Å². The first kappa shape index (κ1) is 16.6. The second kappa shape index (κ2) is 5.91. The molecule has 0 amide bonds. The third-order valence-corrected chi connectivity index (χ3v) is 3.05. The van der Waals surface area contributed by atoms with Crippen molar-refractivity contribution < 1.29 is 14.3 Å². The van der Waals surface area contributed by atoms with Gasteiger partial charge in [0.1, 0.15) is 5.60 Å². The van der Waals surface area contributed by atoms with Crippen LogP contribution >= 0.6 is 0 Å². The second-order valence-corrected chi connectivity index (χ2v) is 6.46. The fourth-order valence-electron chi connectivity index (χ4n) is 1.56. The van der Waals surface area contributed by atoms with E-state index in [1.807, 2.05) is 41.5 Å². The Bertz CT molecular complexity index is 472. The highest BCUT2D eigenvalue weighted by Crippen LogP contribution is 2.16. The van der Waals surface area contributed by atoms with Crippen LogP contribution < -0.4 is 0 Å². The van der Waals surface area contributed by atoms with Crippen molar-refractivity contribution in [3.63, 3.8) is 0 Å². The van der Waals surface area contributed by atoms with Crippen LogP contribution in [0.4, 0.5) is 0 Å². The first-order valence-corrected chi connectivity index (χ1v) is 6.74. The molecule has 0 aliphatic heterocycles. The van der Waals surface area contributed by atoms with Crippen molar-refractivity contribution in [2.75, 3.05) is 7.11 Å². The zero-order valence-electron chi connectivity index (χ0n) is 13.5. The molecule has 20 heavy (non-hydrogen) atoms. The first-order chi connectivity index (χ1) is 9.06. The Morgan fingerprint density at radius 2 is 1.85 bits per heavy atom. The Hall–Kier alpha value is -1.43. The number of aryl methyl sites for hydroxylation is 1. The van der Waals surface area contributed by atoms with E-state index in [9.17, 15) is 4.79 Å². The highest BCUT2D eigenvalue weighted by molar-refractivity contribution is 5.88. The third-order valence-electron chi connectivity index (χ3n) is 3.05. The molecule has 6 nitrogen and oxygen atoms in total. The molecule has 114 valence electrons. The Morgan fingerprint density at radius 3 is 2.35 bits per heavy atom. The zero-order chi connectivity index (χ0) is 15.6. The normalized spacial score (nSPS) is 12.6. The number of hydrogen-bond donors (Lipinski definition) is 0. The van der Waals surface area contributed by atoms with Crippen LogP contribution in [0.1, 0.15) is 57.2 Å². The fourth-order valence-corrected chi connectivity index (χ4v) is 1.56. The molecular weight excluding hydrogens is 258 g/mol. The molecule has 1 aromatic rings. The Balaban J connectivity index is 2.77. The van der Waals surface area contributed by atoms with Crippen LogP contribution in [0, 0.1) is 6.92 Å². The van der Waals surface area contributed by atoms with Gasteiger partial charge in [-0.2, -0.15) is 0 Å². The number of esters is 1. The summed E-state index contributed by atoms with van der Waals surface area (Å²) in [5, 5.41) is 7.94. The lowest BCUT2D eigenvalue weighted by atomic mass is 10.1. The molecule has 1 aromatic heterocycles. The van der Waals surface area contributed by atoms with Crippen molar-refractivity contribution in [1.82, 2.24) is 15.0 Å². The van der Waals surface area contributed by atoms with Gasteiger partial charge in [-0.15, -0.1) is 5.10 Å². The molecule has 0 unspecified atom stereocenters. The Morgan fingerprint density at radius 1 is 1.25 bits per heavy atom. The van der Waals surface area contributed by atoms with E-state index in [1.165, 1.54) is 0 Å². The van der Waals surface area contributed by atoms with Crippen LogP contribution in [0.5, 0.6) is 0 Å². The summed E-state index contributed by atoms with van der Waals surface area (Å²) in [7, 11) is 1.68.